The van der Waals surface area contributed by atoms with Gasteiger partial charge in [0.25, 0.3) is 0 Å². The van der Waals surface area contributed by atoms with E-state index in [1.165, 1.54) is 18.3 Å². The maximum absolute atomic E-state index is 13.9. The molecule has 1 aromatic heterocycles. The number of aromatic hydroxyl groups is 1. The molecule has 0 aliphatic rings. The first-order chi connectivity index (χ1) is 10.5. The fraction of sp³-hybridized carbons (Fsp3) is 0. The van der Waals surface area contributed by atoms with Crippen molar-refractivity contribution >= 4 is 11.6 Å². The number of benzene rings is 2. The van der Waals surface area contributed by atoms with Gasteiger partial charge in [-0.1, -0.05) is 23.7 Å². The Hall–Kier alpha value is -2.46. The van der Waals surface area contributed by atoms with Crippen LogP contribution >= 0.6 is 11.6 Å². The van der Waals surface area contributed by atoms with Crippen LogP contribution in [-0.2, 0) is 0 Å². The summed E-state index contributed by atoms with van der Waals surface area (Å²) < 4.78 is 27.2. The predicted molar refractivity (Wildman–Crippen MR) is 81.7 cm³/mol. The van der Waals surface area contributed by atoms with Crippen LogP contribution in [0.2, 0.25) is 5.02 Å². The van der Waals surface area contributed by atoms with Crippen molar-refractivity contribution in [1.29, 1.82) is 0 Å². The Bertz CT molecular complexity index is 785. The van der Waals surface area contributed by atoms with Gasteiger partial charge in [0.2, 0.25) is 5.95 Å². The highest BCUT2D eigenvalue weighted by Gasteiger charge is 2.14. The van der Waals surface area contributed by atoms with Gasteiger partial charge in [-0.2, -0.15) is 4.39 Å². The summed E-state index contributed by atoms with van der Waals surface area (Å²) in [5.74, 6) is -1.39. The maximum atomic E-state index is 13.9. The average molecular weight is 318 g/mol. The summed E-state index contributed by atoms with van der Waals surface area (Å²) >= 11 is 5.93. The highest BCUT2D eigenvalue weighted by atomic mass is 35.5. The van der Waals surface area contributed by atoms with Crippen molar-refractivity contribution in [3.63, 3.8) is 0 Å². The molecular weight excluding hydrogens is 308 g/mol. The summed E-state index contributed by atoms with van der Waals surface area (Å²) in [5.41, 5.74) is 1.39. The first-order valence-corrected chi connectivity index (χ1v) is 6.83. The zero-order chi connectivity index (χ0) is 15.7. The van der Waals surface area contributed by atoms with Crippen LogP contribution in [0.25, 0.3) is 22.3 Å². The summed E-state index contributed by atoms with van der Waals surface area (Å²) in [4.78, 5) is 3.45. The Morgan fingerprint density at radius 1 is 0.909 bits per heavy atom. The van der Waals surface area contributed by atoms with Crippen LogP contribution in [0.15, 0.2) is 54.7 Å². The number of hydrogen-bond acceptors (Lipinski definition) is 2. The highest BCUT2D eigenvalue weighted by molar-refractivity contribution is 6.30. The summed E-state index contributed by atoms with van der Waals surface area (Å²) in [6.07, 6.45) is 1.26. The Balaban J connectivity index is 2.22. The normalized spacial score (nSPS) is 10.7. The molecule has 0 unspecified atom stereocenters. The van der Waals surface area contributed by atoms with E-state index in [1.807, 2.05) is 0 Å². The van der Waals surface area contributed by atoms with Gasteiger partial charge in [-0.3, -0.25) is 0 Å². The van der Waals surface area contributed by atoms with Crippen molar-refractivity contribution in [2.75, 3.05) is 0 Å². The second-order valence-electron chi connectivity index (χ2n) is 4.73. The largest absolute Gasteiger partial charge is 0.507 e. The van der Waals surface area contributed by atoms with Crippen molar-refractivity contribution in [2.24, 2.45) is 0 Å². The van der Waals surface area contributed by atoms with Crippen LogP contribution in [0.5, 0.6) is 5.75 Å². The van der Waals surface area contributed by atoms with Gasteiger partial charge in [-0.25, -0.2) is 9.37 Å². The average Bonchev–Trinajstić information content (AvgIpc) is 2.49. The number of phenolic OH excluding ortho intramolecular Hbond substituents is 1. The third kappa shape index (κ3) is 2.78. The van der Waals surface area contributed by atoms with Gasteiger partial charge >= 0.3 is 0 Å². The Morgan fingerprint density at radius 3 is 2.23 bits per heavy atom. The lowest BCUT2D eigenvalue weighted by molar-refractivity contribution is 0.477. The van der Waals surface area contributed by atoms with E-state index in [0.717, 1.165) is 12.1 Å². The smallest absolute Gasteiger partial charge is 0.213 e. The second-order valence-corrected chi connectivity index (χ2v) is 5.16. The molecule has 2 aromatic carbocycles. The fourth-order valence-electron chi connectivity index (χ4n) is 2.27. The molecule has 3 rings (SSSR count). The first-order valence-electron chi connectivity index (χ1n) is 6.45. The molecule has 3 aromatic rings. The molecule has 0 radical (unpaired) electrons. The molecule has 0 aliphatic heterocycles. The predicted octanol–water partition coefficient (Wildman–Crippen LogP) is 5.05. The lowest BCUT2D eigenvalue weighted by Crippen LogP contribution is -1.89. The van der Waals surface area contributed by atoms with Gasteiger partial charge in [-0.15, -0.1) is 0 Å². The SMILES string of the molecule is Oc1c(-c2cccc(Cl)c2)cc(F)cc1-c1ccnc(F)c1. The summed E-state index contributed by atoms with van der Waals surface area (Å²) in [5, 5.41) is 10.9. The van der Waals surface area contributed by atoms with Gasteiger partial charge in [-0.05, 0) is 41.5 Å². The minimum absolute atomic E-state index is 0.144. The third-order valence-electron chi connectivity index (χ3n) is 3.25. The van der Waals surface area contributed by atoms with Crippen LogP contribution in [0.1, 0.15) is 0 Å². The van der Waals surface area contributed by atoms with Crippen molar-refractivity contribution in [3.8, 4) is 28.0 Å². The summed E-state index contributed by atoms with van der Waals surface area (Å²) in [7, 11) is 0. The zero-order valence-electron chi connectivity index (χ0n) is 11.2. The van der Waals surface area contributed by atoms with E-state index in [2.05, 4.69) is 4.98 Å². The van der Waals surface area contributed by atoms with Gasteiger partial charge in [0, 0.05) is 28.4 Å². The Kier molecular flexibility index (Phi) is 3.77. The quantitative estimate of drug-likeness (QED) is 0.671. The van der Waals surface area contributed by atoms with E-state index < -0.39 is 11.8 Å². The Morgan fingerprint density at radius 2 is 1.59 bits per heavy atom. The van der Waals surface area contributed by atoms with Gasteiger partial charge in [0.05, 0.1) is 0 Å². The minimum Gasteiger partial charge on any atom is -0.507 e. The number of phenols is 1. The van der Waals surface area contributed by atoms with Gasteiger partial charge in [0.15, 0.2) is 0 Å². The van der Waals surface area contributed by atoms with Crippen LogP contribution in [0, 0.1) is 11.8 Å². The van der Waals surface area contributed by atoms with E-state index in [4.69, 9.17) is 11.6 Å². The molecule has 0 saturated carbocycles. The molecule has 22 heavy (non-hydrogen) atoms. The molecule has 0 saturated heterocycles. The van der Waals surface area contributed by atoms with Crippen molar-refractivity contribution in [2.45, 2.75) is 0 Å². The van der Waals surface area contributed by atoms with Crippen LogP contribution in [0.4, 0.5) is 8.78 Å². The lowest BCUT2D eigenvalue weighted by Gasteiger charge is -2.11. The molecule has 1 heterocycles. The molecule has 1 N–H and O–H groups in total. The number of hydrogen-bond donors (Lipinski definition) is 1. The van der Waals surface area contributed by atoms with E-state index >= 15 is 0 Å². The van der Waals surface area contributed by atoms with E-state index in [9.17, 15) is 13.9 Å². The van der Waals surface area contributed by atoms with Crippen LogP contribution in [0.3, 0.4) is 0 Å². The topological polar surface area (TPSA) is 33.1 Å². The molecule has 2 nitrogen and oxygen atoms in total. The van der Waals surface area contributed by atoms with Crippen LogP contribution in [-0.4, -0.2) is 10.1 Å². The molecular formula is C17H10ClF2NO. The number of rotatable bonds is 2. The molecule has 110 valence electrons. The third-order valence-corrected chi connectivity index (χ3v) is 3.48. The second kappa shape index (κ2) is 5.73. The van der Waals surface area contributed by atoms with E-state index in [0.29, 0.717) is 16.1 Å². The number of nitrogens with zero attached hydrogens (tertiary/aromatic N) is 1. The van der Waals surface area contributed by atoms with Crippen molar-refractivity contribution < 1.29 is 13.9 Å². The van der Waals surface area contributed by atoms with Gasteiger partial charge < -0.3 is 5.11 Å². The zero-order valence-corrected chi connectivity index (χ0v) is 12.0. The fourth-order valence-corrected chi connectivity index (χ4v) is 2.46. The summed E-state index contributed by atoms with van der Waals surface area (Å²) in [6.45, 7) is 0. The van der Waals surface area contributed by atoms with E-state index in [1.54, 1.807) is 24.3 Å². The standard InChI is InChI=1S/C17H10ClF2NO/c18-12-3-1-2-10(6-12)14-8-13(19)9-15(17(14)22)11-4-5-21-16(20)7-11/h1-9,22H. The number of aromatic nitrogens is 1. The monoisotopic (exact) mass is 317 g/mol. The molecule has 0 bridgehead atoms. The molecule has 0 fully saturated rings. The van der Waals surface area contributed by atoms with Crippen LogP contribution < -0.4 is 0 Å². The van der Waals surface area contributed by atoms with Gasteiger partial charge in [0.1, 0.15) is 11.6 Å². The first kappa shape index (κ1) is 14.5. The molecule has 0 spiro atoms. The minimum atomic E-state index is -0.703. The molecule has 0 aliphatic carbocycles. The maximum Gasteiger partial charge on any atom is 0.213 e. The lowest BCUT2D eigenvalue weighted by atomic mass is 9.97. The number of pyridine rings is 1. The molecule has 0 amide bonds. The molecule has 5 heteroatoms. The van der Waals surface area contributed by atoms with Crippen molar-refractivity contribution in [3.05, 3.63) is 71.5 Å². The summed E-state index contributed by atoms with van der Waals surface area (Å²) in [6, 6.07) is 11.7. The number of halogens is 3. The Labute approximate surface area is 130 Å². The highest BCUT2D eigenvalue weighted by Crippen LogP contribution is 2.39. The molecule has 0 atom stereocenters. The van der Waals surface area contributed by atoms with E-state index in [-0.39, 0.29) is 16.9 Å². The van der Waals surface area contributed by atoms with Crippen molar-refractivity contribution in [1.82, 2.24) is 4.98 Å².